The molecule has 0 unspecified atom stereocenters. The van der Waals surface area contributed by atoms with Crippen molar-refractivity contribution in [1.82, 2.24) is 4.90 Å². The van der Waals surface area contributed by atoms with E-state index in [2.05, 4.69) is 65.6 Å². The maximum atomic E-state index is 10.1. The molecule has 114 valence electrons. The summed E-state index contributed by atoms with van der Waals surface area (Å²) in [5, 5.41) is 10.1. The molecule has 3 aliphatic rings. The lowest BCUT2D eigenvalue weighted by Gasteiger charge is -2.59. The molecular weight excluding hydrogens is 270 g/mol. The van der Waals surface area contributed by atoms with Gasteiger partial charge in [0, 0.05) is 6.61 Å². The van der Waals surface area contributed by atoms with Crippen LogP contribution in [0, 0.1) is 5.41 Å². The van der Waals surface area contributed by atoms with Crippen molar-refractivity contribution in [2.75, 3.05) is 19.7 Å². The van der Waals surface area contributed by atoms with E-state index in [-0.39, 0.29) is 11.0 Å². The molecule has 2 bridgehead atoms. The highest BCUT2D eigenvalue weighted by Gasteiger charge is 2.54. The molecule has 5 rings (SSSR count). The quantitative estimate of drug-likeness (QED) is 0.937. The van der Waals surface area contributed by atoms with Crippen LogP contribution in [0.25, 0.3) is 0 Å². The molecule has 3 aliphatic heterocycles. The van der Waals surface area contributed by atoms with Crippen LogP contribution in [0.3, 0.4) is 0 Å². The highest BCUT2D eigenvalue weighted by Crippen LogP contribution is 2.55. The van der Waals surface area contributed by atoms with Gasteiger partial charge in [0.1, 0.15) is 0 Å². The van der Waals surface area contributed by atoms with Gasteiger partial charge < -0.3 is 5.11 Å². The molecule has 2 aromatic rings. The number of nitrogens with zero attached hydrogens (tertiary/aromatic N) is 1. The monoisotopic (exact) mass is 293 g/mol. The predicted octanol–water partition coefficient (Wildman–Crippen LogP) is 3.41. The molecule has 0 spiro atoms. The van der Waals surface area contributed by atoms with Gasteiger partial charge in [0.15, 0.2) is 0 Å². The first-order valence-electron chi connectivity index (χ1n) is 8.26. The maximum absolute atomic E-state index is 10.1. The second-order valence-corrected chi connectivity index (χ2v) is 6.91. The minimum absolute atomic E-state index is 0.0816. The van der Waals surface area contributed by atoms with Gasteiger partial charge in [-0.2, -0.15) is 0 Å². The third kappa shape index (κ3) is 1.94. The lowest BCUT2D eigenvalue weighted by Crippen LogP contribution is -2.61. The molecule has 0 radical (unpaired) electrons. The van der Waals surface area contributed by atoms with Gasteiger partial charge in [0.05, 0.1) is 5.54 Å². The van der Waals surface area contributed by atoms with Gasteiger partial charge in [-0.05, 0) is 48.9 Å². The zero-order valence-electron chi connectivity index (χ0n) is 12.9. The van der Waals surface area contributed by atoms with Crippen LogP contribution in [0.15, 0.2) is 60.7 Å². The number of aliphatic hydroxyl groups excluding tert-OH is 1. The Kier molecular flexibility index (Phi) is 3.32. The minimum Gasteiger partial charge on any atom is -0.396 e. The predicted molar refractivity (Wildman–Crippen MR) is 88.6 cm³/mol. The Morgan fingerprint density at radius 2 is 1.32 bits per heavy atom. The molecular formula is C20H23NO. The van der Waals surface area contributed by atoms with Gasteiger partial charge in [0.2, 0.25) is 0 Å². The van der Waals surface area contributed by atoms with Crippen LogP contribution in [0.1, 0.15) is 30.4 Å². The summed E-state index contributed by atoms with van der Waals surface area (Å²) in [6.45, 7) is 2.46. The van der Waals surface area contributed by atoms with Crippen molar-refractivity contribution in [1.29, 1.82) is 0 Å². The van der Waals surface area contributed by atoms with Crippen LogP contribution in [-0.4, -0.2) is 29.7 Å². The van der Waals surface area contributed by atoms with Crippen molar-refractivity contribution >= 4 is 0 Å². The number of hydrogen-bond donors (Lipinski definition) is 1. The van der Waals surface area contributed by atoms with Crippen LogP contribution < -0.4 is 0 Å². The summed E-state index contributed by atoms with van der Waals surface area (Å²) in [4.78, 5) is 2.63. The van der Waals surface area contributed by atoms with E-state index in [4.69, 9.17) is 0 Å². The fourth-order valence-corrected chi connectivity index (χ4v) is 4.57. The second-order valence-electron chi connectivity index (χ2n) is 6.91. The smallest absolute Gasteiger partial charge is 0.0721 e. The molecule has 3 saturated heterocycles. The highest BCUT2D eigenvalue weighted by atomic mass is 16.3. The van der Waals surface area contributed by atoms with E-state index in [1.165, 1.54) is 11.1 Å². The topological polar surface area (TPSA) is 23.5 Å². The summed E-state index contributed by atoms with van der Waals surface area (Å²) in [5.74, 6) is 0. The number of piperidine rings is 3. The van der Waals surface area contributed by atoms with E-state index in [9.17, 15) is 5.11 Å². The normalized spacial score (nSPS) is 29.4. The van der Waals surface area contributed by atoms with Crippen molar-refractivity contribution in [3.63, 3.8) is 0 Å². The van der Waals surface area contributed by atoms with E-state index >= 15 is 0 Å². The summed E-state index contributed by atoms with van der Waals surface area (Å²) in [6.07, 6.45) is 3.25. The number of rotatable bonds is 3. The maximum Gasteiger partial charge on any atom is 0.0721 e. The van der Waals surface area contributed by atoms with Gasteiger partial charge in [-0.25, -0.2) is 0 Å². The SMILES string of the molecule is OCC12CCN(CC1)C(c1ccccc1)(c1ccccc1)C2. The van der Waals surface area contributed by atoms with Crippen molar-refractivity contribution in [2.24, 2.45) is 5.41 Å². The first-order valence-corrected chi connectivity index (χ1v) is 8.26. The zero-order valence-corrected chi connectivity index (χ0v) is 12.9. The minimum atomic E-state index is -0.0816. The van der Waals surface area contributed by atoms with Crippen LogP contribution >= 0.6 is 0 Å². The molecule has 3 heterocycles. The number of fused-ring (bicyclic) bond motifs is 3. The lowest BCUT2D eigenvalue weighted by molar-refractivity contribution is -0.0893. The molecule has 0 aliphatic carbocycles. The van der Waals surface area contributed by atoms with E-state index in [0.717, 1.165) is 32.4 Å². The number of hydrogen-bond acceptors (Lipinski definition) is 2. The molecule has 0 aromatic heterocycles. The molecule has 0 atom stereocenters. The fraction of sp³-hybridized carbons (Fsp3) is 0.400. The van der Waals surface area contributed by atoms with Crippen molar-refractivity contribution in [2.45, 2.75) is 24.8 Å². The third-order valence-electron chi connectivity index (χ3n) is 5.83. The Morgan fingerprint density at radius 3 is 1.77 bits per heavy atom. The zero-order chi connectivity index (χ0) is 15.0. The van der Waals surface area contributed by atoms with E-state index < -0.39 is 0 Å². The van der Waals surface area contributed by atoms with Gasteiger partial charge in [-0.15, -0.1) is 0 Å². The van der Waals surface area contributed by atoms with Crippen molar-refractivity contribution in [3.8, 4) is 0 Å². The summed E-state index contributed by atoms with van der Waals surface area (Å²) < 4.78 is 0. The molecule has 2 heteroatoms. The molecule has 1 N–H and O–H groups in total. The van der Waals surface area contributed by atoms with Crippen molar-refractivity contribution < 1.29 is 5.11 Å². The Labute approximate surface area is 132 Å². The number of benzene rings is 2. The molecule has 0 saturated carbocycles. The van der Waals surface area contributed by atoms with Gasteiger partial charge in [-0.1, -0.05) is 60.7 Å². The summed E-state index contributed by atoms with van der Waals surface area (Å²) in [6, 6.07) is 21.7. The van der Waals surface area contributed by atoms with Gasteiger partial charge >= 0.3 is 0 Å². The van der Waals surface area contributed by atoms with Gasteiger partial charge in [0.25, 0.3) is 0 Å². The third-order valence-corrected chi connectivity index (χ3v) is 5.83. The van der Waals surface area contributed by atoms with Crippen LogP contribution in [-0.2, 0) is 5.54 Å². The van der Waals surface area contributed by atoms with Crippen LogP contribution in [0.5, 0.6) is 0 Å². The Hall–Kier alpha value is -1.64. The van der Waals surface area contributed by atoms with E-state index in [0.29, 0.717) is 6.61 Å². The van der Waals surface area contributed by atoms with Gasteiger partial charge in [-0.3, -0.25) is 4.90 Å². The summed E-state index contributed by atoms with van der Waals surface area (Å²) in [7, 11) is 0. The largest absolute Gasteiger partial charge is 0.396 e. The molecule has 0 amide bonds. The van der Waals surface area contributed by atoms with Crippen LogP contribution in [0.2, 0.25) is 0 Å². The Morgan fingerprint density at radius 1 is 0.818 bits per heavy atom. The second kappa shape index (κ2) is 5.22. The average molecular weight is 293 g/mol. The highest BCUT2D eigenvalue weighted by molar-refractivity contribution is 5.40. The van der Waals surface area contributed by atoms with Crippen molar-refractivity contribution in [3.05, 3.63) is 71.8 Å². The summed E-state index contributed by atoms with van der Waals surface area (Å²) in [5.41, 5.74) is 2.72. The first-order chi connectivity index (χ1) is 10.8. The fourth-order valence-electron chi connectivity index (χ4n) is 4.57. The standard InChI is InChI=1S/C20H23NO/c22-16-19-11-13-21(14-12-19)20(15-19,17-7-3-1-4-8-17)18-9-5-2-6-10-18/h1-10,22H,11-16H2. The molecule has 22 heavy (non-hydrogen) atoms. The lowest BCUT2D eigenvalue weighted by atomic mass is 9.60. The van der Waals surface area contributed by atoms with Crippen LogP contribution in [0.4, 0.5) is 0 Å². The first kappa shape index (κ1) is 14.0. The Bertz CT molecular complexity index is 590. The summed E-state index contributed by atoms with van der Waals surface area (Å²) >= 11 is 0. The molecule has 2 nitrogen and oxygen atoms in total. The number of aliphatic hydroxyl groups is 1. The Balaban J connectivity index is 1.91. The molecule has 3 fully saturated rings. The van der Waals surface area contributed by atoms with E-state index in [1.54, 1.807) is 0 Å². The van der Waals surface area contributed by atoms with E-state index in [1.807, 2.05) is 0 Å². The average Bonchev–Trinajstić information content (AvgIpc) is 2.64. The molecule has 2 aromatic carbocycles.